The predicted molar refractivity (Wildman–Crippen MR) is 96.1 cm³/mol. The summed E-state index contributed by atoms with van der Waals surface area (Å²) in [4.78, 5) is 20.2. The second kappa shape index (κ2) is 7.45. The first-order valence-electron chi connectivity index (χ1n) is 9.64. The van der Waals surface area contributed by atoms with Crippen molar-refractivity contribution in [2.75, 3.05) is 26.2 Å². The number of carbonyl (C=O) groups excluding carboxylic acids is 1. The molecule has 0 bridgehead atoms. The molecule has 2 fully saturated rings. The molecule has 8 heteroatoms. The number of alkyl halides is 3. The van der Waals surface area contributed by atoms with Gasteiger partial charge in [0.1, 0.15) is 0 Å². The van der Waals surface area contributed by atoms with Gasteiger partial charge in [-0.05, 0) is 19.3 Å². The summed E-state index contributed by atoms with van der Waals surface area (Å²) >= 11 is 0. The van der Waals surface area contributed by atoms with Gasteiger partial charge in [-0.2, -0.15) is 13.2 Å². The van der Waals surface area contributed by atoms with Gasteiger partial charge >= 0.3 is 6.18 Å². The molecule has 1 amide bonds. The largest absolute Gasteiger partial charge is 0.389 e. The lowest BCUT2D eigenvalue weighted by atomic mass is 9.65. The van der Waals surface area contributed by atoms with E-state index >= 15 is 0 Å². The van der Waals surface area contributed by atoms with Gasteiger partial charge in [0.15, 0.2) is 0 Å². The lowest BCUT2D eigenvalue weighted by Gasteiger charge is -2.54. The van der Waals surface area contributed by atoms with Crippen molar-refractivity contribution in [2.24, 2.45) is 16.3 Å². The summed E-state index contributed by atoms with van der Waals surface area (Å²) < 4.78 is 38.0. The van der Waals surface area contributed by atoms with Gasteiger partial charge in [0.25, 0.3) is 0 Å². The Balaban J connectivity index is 1.73. The summed E-state index contributed by atoms with van der Waals surface area (Å²) in [5.41, 5.74) is -1.40. The Bertz CT molecular complexity index is 614. The fourth-order valence-electron chi connectivity index (χ4n) is 4.89. The molecule has 2 aliphatic heterocycles. The molecule has 2 unspecified atom stereocenters. The number of β-amino-alcohol motifs (C(OH)–C–C–N with tert-alkyl or cyclic N) is 1. The SMILES string of the molecule is CC(CC(F)(F)F)C(=O)N1CCC(O)(CN2C=CN=CC2)C2(CCCC2)C1. The Morgan fingerprint density at radius 3 is 2.59 bits per heavy atom. The molecule has 2 atom stereocenters. The van der Waals surface area contributed by atoms with Crippen LogP contribution in [0.25, 0.3) is 0 Å². The third-order valence-corrected chi connectivity index (χ3v) is 6.36. The molecule has 0 radical (unpaired) electrons. The molecular formula is C19H28F3N3O2. The first-order chi connectivity index (χ1) is 12.6. The predicted octanol–water partition coefficient (Wildman–Crippen LogP) is 2.96. The van der Waals surface area contributed by atoms with E-state index in [1.165, 1.54) is 6.92 Å². The van der Waals surface area contributed by atoms with Gasteiger partial charge in [0.05, 0.1) is 18.6 Å². The van der Waals surface area contributed by atoms with E-state index in [1.54, 1.807) is 17.3 Å². The highest BCUT2D eigenvalue weighted by molar-refractivity contribution is 5.78. The number of halogens is 3. The molecule has 0 aromatic rings. The number of nitrogens with zero attached hydrogens (tertiary/aromatic N) is 3. The second-order valence-electron chi connectivity index (χ2n) is 8.31. The summed E-state index contributed by atoms with van der Waals surface area (Å²) in [7, 11) is 0. The van der Waals surface area contributed by atoms with Crippen molar-refractivity contribution >= 4 is 12.1 Å². The number of likely N-dealkylation sites (tertiary alicyclic amines) is 1. The molecule has 5 nitrogen and oxygen atoms in total. The monoisotopic (exact) mass is 387 g/mol. The molecular weight excluding hydrogens is 359 g/mol. The van der Waals surface area contributed by atoms with E-state index in [2.05, 4.69) is 4.99 Å². The average molecular weight is 387 g/mol. The van der Waals surface area contributed by atoms with E-state index in [0.29, 0.717) is 32.6 Å². The van der Waals surface area contributed by atoms with Crippen LogP contribution in [0.15, 0.2) is 17.4 Å². The third-order valence-electron chi connectivity index (χ3n) is 6.36. The lowest BCUT2D eigenvalue weighted by molar-refractivity contribution is -0.172. The molecule has 152 valence electrons. The number of aliphatic hydroxyl groups is 1. The standard InChI is InChI=1S/C19H28F3N3O2/c1-15(12-19(20,21)22)16(26)25-9-6-18(27,14-24-10-7-23-8-11-24)17(13-25)4-2-3-5-17/h7-8,10,15,27H,2-6,9,11-14H2,1H3. The number of hydrogen-bond acceptors (Lipinski definition) is 4. The van der Waals surface area contributed by atoms with Gasteiger partial charge in [0.2, 0.25) is 5.91 Å². The maximum atomic E-state index is 12.7. The normalized spacial score (nSPS) is 28.8. The number of piperidine rings is 1. The smallest absolute Gasteiger partial charge is 0.387 e. The molecule has 2 heterocycles. The fraction of sp³-hybridized carbons (Fsp3) is 0.789. The molecule has 27 heavy (non-hydrogen) atoms. The van der Waals surface area contributed by atoms with Crippen molar-refractivity contribution in [3.63, 3.8) is 0 Å². The van der Waals surface area contributed by atoms with E-state index in [9.17, 15) is 23.1 Å². The van der Waals surface area contributed by atoms with Crippen molar-refractivity contribution in [1.29, 1.82) is 0 Å². The van der Waals surface area contributed by atoms with Crippen LogP contribution in [0.2, 0.25) is 0 Å². The fourth-order valence-corrected chi connectivity index (χ4v) is 4.89. The molecule has 0 aromatic heterocycles. The first-order valence-corrected chi connectivity index (χ1v) is 9.64. The molecule has 1 saturated heterocycles. The zero-order valence-corrected chi connectivity index (χ0v) is 15.7. The molecule has 1 saturated carbocycles. The van der Waals surface area contributed by atoms with Gasteiger partial charge in [-0.1, -0.05) is 19.8 Å². The summed E-state index contributed by atoms with van der Waals surface area (Å²) in [6.45, 7) is 3.06. The minimum absolute atomic E-state index is 0.297. The van der Waals surface area contributed by atoms with E-state index in [1.807, 2.05) is 11.1 Å². The summed E-state index contributed by atoms with van der Waals surface area (Å²) in [5, 5.41) is 11.6. The van der Waals surface area contributed by atoms with E-state index in [-0.39, 0.29) is 0 Å². The van der Waals surface area contributed by atoms with Gasteiger partial charge in [-0.3, -0.25) is 9.79 Å². The maximum absolute atomic E-state index is 12.7. The number of rotatable bonds is 4. The van der Waals surface area contributed by atoms with Crippen LogP contribution in [0.4, 0.5) is 13.2 Å². The van der Waals surface area contributed by atoms with E-state index < -0.39 is 35.4 Å². The van der Waals surface area contributed by atoms with Crippen LogP contribution in [0, 0.1) is 11.3 Å². The zero-order valence-electron chi connectivity index (χ0n) is 15.7. The molecule has 3 aliphatic rings. The van der Waals surface area contributed by atoms with Crippen LogP contribution in [-0.2, 0) is 4.79 Å². The van der Waals surface area contributed by atoms with Gasteiger partial charge in [-0.25, -0.2) is 0 Å². The van der Waals surface area contributed by atoms with Crippen LogP contribution in [-0.4, -0.2) is 65.0 Å². The number of carbonyl (C=O) groups is 1. The number of hydrogen-bond donors (Lipinski definition) is 1. The Morgan fingerprint density at radius 2 is 2.00 bits per heavy atom. The highest BCUT2D eigenvalue weighted by Gasteiger charge is 2.56. The summed E-state index contributed by atoms with van der Waals surface area (Å²) in [6.07, 6.45) is 3.80. The number of amides is 1. The molecule has 1 aliphatic carbocycles. The van der Waals surface area contributed by atoms with Crippen molar-refractivity contribution in [3.05, 3.63) is 12.4 Å². The molecule has 1 spiro atoms. The topological polar surface area (TPSA) is 56.1 Å². The summed E-state index contributed by atoms with van der Waals surface area (Å²) in [5.74, 6) is -1.54. The molecule has 3 rings (SSSR count). The van der Waals surface area contributed by atoms with Gasteiger partial charge in [-0.15, -0.1) is 0 Å². The van der Waals surface area contributed by atoms with Crippen molar-refractivity contribution < 1.29 is 23.1 Å². The molecule has 0 aromatic carbocycles. The van der Waals surface area contributed by atoms with Crippen molar-refractivity contribution in [1.82, 2.24) is 9.80 Å². The van der Waals surface area contributed by atoms with Crippen LogP contribution in [0.3, 0.4) is 0 Å². The maximum Gasteiger partial charge on any atom is 0.389 e. The average Bonchev–Trinajstić information content (AvgIpc) is 3.06. The van der Waals surface area contributed by atoms with Crippen molar-refractivity contribution in [3.8, 4) is 0 Å². The van der Waals surface area contributed by atoms with Crippen LogP contribution in [0.1, 0.15) is 45.4 Å². The van der Waals surface area contributed by atoms with Crippen LogP contribution in [0.5, 0.6) is 0 Å². The van der Waals surface area contributed by atoms with E-state index in [4.69, 9.17) is 0 Å². The third kappa shape index (κ3) is 4.31. The summed E-state index contributed by atoms with van der Waals surface area (Å²) in [6, 6.07) is 0. The van der Waals surface area contributed by atoms with Crippen LogP contribution >= 0.6 is 0 Å². The van der Waals surface area contributed by atoms with Crippen LogP contribution < -0.4 is 0 Å². The van der Waals surface area contributed by atoms with Crippen molar-refractivity contribution in [2.45, 2.75) is 57.2 Å². The Labute approximate surface area is 157 Å². The Morgan fingerprint density at radius 1 is 1.30 bits per heavy atom. The van der Waals surface area contributed by atoms with Gasteiger partial charge < -0.3 is 14.9 Å². The van der Waals surface area contributed by atoms with E-state index in [0.717, 1.165) is 25.7 Å². The zero-order chi connectivity index (χ0) is 19.7. The Hall–Kier alpha value is -1.57. The molecule has 1 N–H and O–H groups in total. The first kappa shape index (κ1) is 20.2. The highest BCUT2D eigenvalue weighted by atomic mass is 19.4. The lowest BCUT2D eigenvalue weighted by Crippen LogP contribution is -2.64. The quantitative estimate of drug-likeness (QED) is 0.807. The highest BCUT2D eigenvalue weighted by Crippen LogP contribution is 2.51. The minimum atomic E-state index is -4.35. The van der Waals surface area contributed by atoms with Gasteiger partial charge in [0, 0.05) is 49.6 Å². The second-order valence-corrected chi connectivity index (χ2v) is 8.31. The Kier molecular flexibility index (Phi) is 5.57. The number of aliphatic imine (C=N–C) groups is 1. The minimum Gasteiger partial charge on any atom is -0.387 e.